The number of pyridine rings is 1. The number of hydrogen-bond acceptors (Lipinski definition) is 5. The summed E-state index contributed by atoms with van der Waals surface area (Å²) in [7, 11) is -2.00. The molecule has 0 aromatic carbocycles. The molecule has 100 valence electrons. The Hall–Kier alpha value is -0.540. The van der Waals surface area contributed by atoms with Crippen molar-refractivity contribution < 1.29 is 13.2 Å². The van der Waals surface area contributed by atoms with Gasteiger partial charge in [0.05, 0.1) is 12.1 Å². The van der Waals surface area contributed by atoms with Crippen LogP contribution in [0.15, 0.2) is 27.8 Å². The van der Waals surface area contributed by atoms with Gasteiger partial charge in [-0.15, -0.1) is 0 Å². The van der Waals surface area contributed by atoms with Gasteiger partial charge in [0.15, 0.2) is 0 Å². The zero-order valence-corrected chi connectivity index (χ0v) is 12.2. The first kappa shape index (κ1) is 13.9. The molecular weight excluding hydrogens is 322 g/mol. The summed E-state index contributed by atoms with van der Waals surface area (Å²) in [6.45, 7) is 1.19. The van der Waals surface area contributed by atoms with Gasteiger partial charge >= 0.3 is 0 Å². The summed E-state index contributed by atoms with van der Waals surface area (Å²) in [5.74, 6) is 0. The second kappa shape index (κ2) is 5.62. The van der Waals surface area contributed by atoms with E-state index in [9.17, 15) is 8.42 Å². The predicted octanol–water partition coefficient (Wildman–Crippen LogP) is 0.109. The number of nitrogens with zero attached hydrogens (tertiary/aromatic N) is 1. The SMILES string of the molecule is CO[C@H]1CNCC1NS(=O)(=O)c1cncc(Br)c1. The first-order valence-corrected chi connectivity index (χ1v) is 7.67. The molecule has 8 heteroatoms. The average molecular weight is 336 g/mol. The molecule has 0 bridgehead atoms. The summed E-state index contributed by atoms with van der Waals surface area (Å²) in [6.07, 6.45) is 2.70. The minimum Gasteiger partial charge on any atom is -0.378 e. The fourth-order valence-corrected chi connectivity index (χ4v) is 3.59. The van der Waals surface area contributed by atoms with Crippen molar-refractivity contribution in [2.75, 3.05) is 20.2 Å². The summed E-state index contributed by atoms with van der Waals surface area (Å²) < 4.78 is 32.8. The highest BCUT2D eigenvalue weighted by Crippen LogP contribution is 2.15. The lowest BCUT2D eigenvalue weighted by molar-refractivity contribution is 0.103. The van der Waals surface area contributed by atoms with Gasteiger partial charge < -0.3 is 10.1 Å². The van der Waals surface area contributed by atoms with Crippen LogP contribution >= 0.6 is 15.9 Å². The van der Waals surface area contributed by atoms with Crippen molar-refractivity contribution in [2.45, 2.75) is 17.0 Å². The Kier molecular flexibility index (Phi) is 4.33. The predicted molar refractivity (Wildman–Crippen MR) is 69.7 cm³/mol. The van der Waals surface area contributed by atoms with Crippen molar-refractivity contribution in [3.8, 4) is 0 Å². The Morgan fingerprint density at radius 3 is 2.94 bits per heavy atom. The molecule has 2 rings (SSSR count). The molecule has 1 aliphatic rings. The molecule has 0 amide bonds. The van der Waals surface area contributed by atoms with E-state index in [1.54, 1.807) is 7.11 Å². The van der Waals surface area contributed by atoms with Crippen LogP contribution in [0.4, 0.5) is 0 Å². The van der Waals surface area contributed by atoms with Crippen LogP contribution in [0.5, 0.6) is 0 Å². The largest absolute Gasteiger partial charge is 0.378 e. The number of halogens is 1. The van der Waals surface area contributed by atoms with Crippen LogP contribution in [0.25, 0.3) is 0 Å². The highest BCUT2D eigenvalue weighted by molar-refractivity contribution is 9.10. The number of rotatable bonds is 4. The Bertz CT molecular complexity index is 523. The van der Waals surface area contributed by atoms with Crippen LogP contribution < -0.4 is 10.0 Å². The quantitative estimate of drug-likeness (QED) is 0.816. The van der Waals surface area contributed by atoms with Crippen molar-refractivity contribution in [1.82, 2.24) is 15.0 Å². The van der Waals surface area contributed by atoms with Gasteiger partial charge in [-0.05, 0) is 22.0 Å². The first-order chi connectivity index (χ1) is 8.53. The lowest BCUT2D eigenvalue weighted by atomic mass is 10.2. The molecule has 2 atom stereocenters. The van der Waals surface area contributed by atoms with Crippen LogP contribution in [0.2, 0.25) is 0 Å². The van der Waals surface area contributed by atoms with E-state index in [-0.39, 0.29) is 17.0 Å². The zero-order chi connectivity index (χ0) is 13.2. The zero-order valence-electron chi connectivity index (χ0n) is 9.76. The van der Waals surface area contributed by atoms with Crippen molar-refractivity contribution in [2.24, 2.45) is 0 Å². The molecule has 2 heterocycles. The average Bonchev–Trinajstić information content (AvgIpc) is 2.75. The monoisotopic (exact) mass is 335 g/mol. The Labute approximate surface area is 114 Å². The standard InChI is InChI=1S/C10H14BrN3O3S/c1-17-10-6-13-5-9(10)14-18(15,16)8-2-7(11)3-12-4-8/h2-4,9-10,13-14H,5-6H2,1H3/t9?,10-/m0/s1. The number of nitrogens with one attached hydrogen (secondary N) is 2. The Morgan fingerprint density at radius 2 is 2.28 bits per heavy atom. The third-order valence-corrected chi connectivity index (χ3v) is 4.65. The lowest BCUT2D eigenvalue weighted by Crippen LogP contribution is -2.43. The smallest absolute Gasteiger partial charge is 0.242 e. The van der Waals surface area contributed by atoms with Gasteiger partial charge in [-0.25, -0.2) is 13.1 Å². The maximum Gasteiger partial charge on any atom is 0.242 e. The molecule has 1 unspecified atom stereocenters. The maximum atomic E-state index is 12.1. The number of aromatic nitrogens is 1. The molecule has 1 aromatic heterocycles. The molecule has 1 aromatic rings. The Balaban J connectivity index is 2.17. The Morgan fingerprint density at radius 1 is 1.50 bits per heavy atom. The molecule has 6 nitrogen and oxygen atoms in total. The fraction of sp³-hybridized carbons (Fsp3) is 0.500. The third-order valence-electron chi connectivity index (χ3n) is 2.76. The van der Waals surface area contributed by atoms with Crippen LogP contribution in [-0.4, -0.2) is 45.7 Å². The van der Waals surface area contributed by atoms with Gasteiger partial charge in [0, 0.05) is 37.1 Å². The van der Waals surface area contributed by atoms with Crippen molar-refractivity contribution in [3.05, 3.63) is 22.9 Å². The number of hydrogen-bond donors (Lipinski definition) is 2. The van der Waals surface area contributed by atoms with Gasteiger partial charge in [0.1, 0.15) is 4.90 Å². The van der Waals surface area contributed by atoms with Crippen LogP contribution in [-0.2, 0) is 14.8 Å². The molecule has 0 aliphatic carbocycles. The summed E-state index contributed by atoms with van der Waals surface area (Å²) in [5.41, 5.74) is 0. The van der Waals surface area contributed by atoms with Crippen molar-refractivity contribution >= 4 is 26.0 Å². The molecule has 1 fully saturated rings. The molecule has 1 saturated heterocycles. The second-order valence-electron chi connectivity index (χ2n) is 4.00. The van der Waals surface area contributed by atoms with Gasteiger partial charge in [0.2, 0.25) is 10.0 Å². The highest BCUT2D eigenvalue weighted by Gasteiger charge is 2.31. The van der Waals surface area contributed by atoms with Crippen LogP contribution in [0, 0.1) is 0 Å². The maximum absolute atomic E-state index is 12.1. The molecular formula is C10H14BrN3O3S. The van der Waals surface area contributed by atoms with Crippen molar-refractivity contribution in [1.29, 1.82) is 0 Å². The van der Waals surface area contributed by atoms with Crippen molar-refractivity contribution in [3.63, 3.8) is 0 Å². The summed E-state index contributed by atoms with van der Waals surface area (Å²) in [6, 6.07) is 1.25. The topological polar surface area (TPSA) is 80.3 Å². The molecule has 2 N–H and O–H groups in total. The first-order valence-electron chi connectivity index (χ1n) is 5.39. The molecule has 1 aliphatic heterocycles. The molecule has 0 spiro atoms. The number of sulfonamides is 1. The summed E-state index contributed by atoms with van der Waals surface area (Å²) in [5, 5.41) is 3.08. The van der Waals surface area contributed by atoms with E-state index in [4.69, 9.17) is 4.74 Å². The van der Waals surface area contributed by atoms with Crippen LogP contribution in [0.3, 0.4) is 0 Å². The van der Waals surface area contributed by atoms with Gasteiger partial charge in [0.25, 0.3) is 0 Å². The number of methoxy groups -OCH3 is 1. The van der Waals surface area contributed by atoms with E-state index in [2.05, 4.69) is 31.0 Å². The third kappa shape index (κ3) is 3.07. The van der Waals surface area contributed by atoms with E-state index in [0.717, 1.165) is 0 Å². The van der Waals surface area contributed by atoms with E-state index >= 15 is 0 Å². The van der Waals surface area contributed by atoms with E-state index in [1.165, 1.54) is 18.5 Å². The summed E-state index contributed by atoms with van der Waals surface area (Å²) >= 11 is 3.20. The number of ether oxygens (including phenoxy) is 1. The van der Waals surface area contributed by atoms with E-state index in [1.807, 2.05) is 0 Å². The summed E-state index contributed by atoms with van der Waals surface area (Å²) in [4.78, 5) is 3.99. The second-order valence-corrected chi connectivity index (χ2v) is 6.63. The van der Waals surface area contributed by atoms with Gasteiger partial charge in [-0.1, -0.05) is 0 Å². The molecule has 0 saturated carbocycles. The normalized spacial score (nSPS) is 24.3. The van der Waals surface area contributed by atoms with Gasteiger partial charge in [-0.2, -0.15) is 0 Å². The van der Waals surface area contributed by atoms with Gasteiger partial charge in [-0.3, -0.25) is 4.98 Å². The minimum atomic E-state index is -3.57. The van der Waals surface area contributed by atoms with E-state index < -0.39 is 10.0 Å². The minimum absolute atomic E-state index is 0.138. The van der Waals surface area contributed by atoms with E-state index in [0.29, 0.717) is 17.6 Å². The fourth-order valence-electron chi connectivity index (χ4n) is 1.83. The molecule has 0 radical (unpaired) electrons. The lowest BCUT2D eigenvalue weighted by Gasteiger charge is -2.18. The van der Waals surface area contributed by atoms with Crippen LogP contribution in [0.1, 0.15) is 0 Å². The highest BCUT2D eigenvalue weighted by atomic mass is 79.9. The molecule has 18 heavy (non-hydrogen) atoms.